The molecule has 0 saturated heterocycles. The van der Waals surface area contributed by atoms with Gasteiger partial charge in [-0.25, -0.2) is 0 Å². The van der Waals surface area contributed by atoms with Gasteiger partial charge in [0.05, 0.1) is 18.8 Å². The Kier molecular flexibility index (Phi) is 6.24. The quantitative estimate of drug-likeness (QED) is 0.577. The molecule has 0 spiro atoms. The van der Waals surface area contributed by atoms with Gasteiger partial charge in [-0.05, 0) is 20.9 Å². The minimum Gasteiger partial charge on any atom is -0.395 e. The molecular weight excluding hydrogens is 168 g/mol. The summed E-state index contributed by atoms with van der Waals surface area (Å²) in [6.07, 6.45) is 0. The van der Waals surface area contributed by atoms with Gasteiger partial charge in [0.2, 0.25) is 0 Å². The van der Waals surface area contributed by atoms with E-state index in [1.54, 1.807) is 0 Å². The first-order valence-electron chi connectivity index (χ1n) is 4.65. The summed E-state index contributed by atoms with van der Waals surface area (Å²) in [6, 6.07) is 0. The molecule has 0 atom stereocenters. The van der Waals surface area contributed by atoms with E-state index in [0.29, 0.717) is 19.7 Å². The van der Waals surface area contributed by atoms with Crippen LogP contribution < -0.4 is 5.73 Å². The largest absolute Gasteiger partial charge is 0.395 e. The van der Waals surface area contributed by atoms with Crippen LogP contribution in [-0.4, -0.2) is 55.5 Å². The third-order valence-corrected chi connectivity index (χ3v) is 1.74. The summed E-state index contributed by atoms with van der Waals surface area (Å²) in [6.45, 7) is 6.84. The van der Waals surface area contributed by atoms with Crippen LogP contribution in [0.1, 0.15) is 13.8 Å². The fraction of sp³-hybridized carbons (Fsp3) is 1.00. The highest BCUT2D eigenvalue weighted by molar-refractivity contribution is 4.72. The molecule has 0 aliphatic rings. The molecule has 0 aromatic rings. The van der Waals surface area contributed by atoms with Crippen molar-refractivity contribution < 1.29 is 9.84 Å². The zero-order valence-corrected chi connectivity index (χ0v) is 8.92. The smallest absolute Gasteiger partial charge is 0.0753 e. The minimum absolute atomic E-state index is 0.184. The third-order valence-electron chi connectivity index (χ3n) is 1.74. The first kappa shape index (κ1) is 12.8. The highest BCUT2D eigenvalue weighted by atomic mass is 16.5. The molecule has 0 saturated carbocycles. The van der Waals surface area contributed by atoms with Gasteiger partial charge in [-0.1, -0.05) is 0 Å². The average molecular weight is 190 g/mol. The van der Waals surface area contributed by atoms with Crippen molar-refractivity contribution in [2.24, 2.45) is 5.73 Å². The van der Waals surface area contributed by atoms with Gasteiger partial charge < -0.3 is 20.5 Å². The monoisotopic (exact) mass is 190 g/mol. The van der Waals surface area contributed by atoms with Crippen LogP contribution in [0.25, 0.3) is 0 Å². The number of aliphatic hydroxyl groups excluding tert-OH is 1. The topological polar surface area (TPSA) is 58.7 Å². The second kappa shape index (κ2) is 6.32. The van der Waals surface area contributed by atoms with Gasteiger partial charge in [0, 0.05) is 19.6 Å². The van der Waals surface area contributed by atoms with Crippen LogP contribution in [-0.2, 0) is 4.74 Å². The number of hydrogen-bond donors (Lipinski definition) is 2. The Hall–Kier alpha value is -0.160. The fourth-order valence-corrected chi connectivity index (χ4v) is 1.28. The molecule has 13 heavy (non-hydrogen) atoms. The summed E-state index contributed by atoms with van der Waals surface area (Å²) < 4.78 is 5.55. The molecule has 0 aliphatic heterocycles. The number of nitrogens with two attached hydrogens (primary N) is 1. The van der Waals surface area contributed by atoms with E-state index >= 15 is 0 Å². The summed E-state index contributed by atoms with van der Waals surface area (Å²) in [5, 5.41) is 8.71. The van der Waals surface area contributed by atoms with Crippen LogP contribution in [0.15, 0.2) is 0 Å². The summed E-state index contributed by atoms with van der Waals surface area (Å²) in [5.74, 6) is 0. The maximum atomic E-state index is 8.71. The molecule has 0 heterocycles. The van der Waals surface area contributed by atoms with Gasteiger partial charge in [0.1, 0.15) is 0 Å². The van der Waals surface area contributed by atoms with Crippen molar-refractivity contribution in [1.82, 2.24) is 4.90 Å². The standard InChI is InChI=1S/C9H22N2O2/c1-9(2,13-7-4-10)8-11(3)5-6-12/h12H,4-8,10H2,1-3H3. The second-order valence-corrected chi connectivity index (χ2v) is 3.86. The molecule has 0 fully saturated rings. The van der Waals surface area contributed by atoms with Crippen molar-refractivity contribution in [2.75, 3.05) is 39.9 Å². The van der Waals surface area contributed by atoms with Gasteiger partial charge in [0.25, 0.3) is 0 Å². The van der Waals surface area contributed by atoms with Crippen LogP contribution in [0.5, 0.6) is 0 Å². The van der Waals surface area contributed by atoms with E-state index in [-0.39, 0.29) is 12.2 Å². The van der Waals surface area contributed by atoms with Gasteiger partial charge in [-0.15, -0.1) is 0 Å². The Morgan fingerprint density at radius 3 is 2.54 bits per heavy atom. The van der Waals surface area contributed by atoms with Crippen LogP contribution in [0.2, 0.25) is 0 Å². The van der Waals surface area contributed by atoms with E-state index in [4.69, 9.17) is 15.6 Å². The summed E-state index contributed by atoms with van der Waals surface area (Å²) in [7, 11) is 1.96. The molecule has 0 unspecified atom stereocenters. The Morgan fingerprint density at radius 1 is 1.46 bits per heavy atom. The molecule has 0 amide bonds. The molecule has 80 valence electrons. The predicted molar refractivity (Wildman–Crippen MR) is 53.7 cm³/mol. The third kappa shape index (κ3) is 6.95. The van der Waals surface area contributed by atoms with E-state index in [0.717, 1.165) is 6.54 Å². The minimum atomic E-state index is -0.191. The average Bonchev–Trinajstić information content (AvgIpc) is 2.00. The lowest BCUT2D eigenvalue weighted by atomic mass is 10.1. The molecule has 0 aliphatic carbocycles. The molecule has 0 radical (unpaired) electrons. The number of likely N-dealkylation sites (N-methyl/N-ethyl adjacent to an activating group) is 1. The van der Waals surface area contributed by atoms with Crippen LogP contribution in [0.4, 0.5) is 0 Å². The second-order valence-electron chi connectivity index (χ2n) is 3.86. The molecule has 0 aromatic carbocycles. The van der Waals surface area contributed by atoms with Crippen molar-refractivity contribution in [2.45, 2.75) is 19.4 Å². The Labute approximate surface area is 80.7 Å². The number of hydrogen-bond acceptors (Lipinski definition) is 4. The van der Waals surface area contributed by atoms with Crippen LogP contribution >= 0.6 is 0 Å². The summed E-state index contributed by atoms with van der Waals surface area (Å²) in [5.41, 5.74) is 5.16. The SMILES string of the molecule is CN(CCO)CC(C)(C)OCCN. The van der Waals surface area contributed by atoms with Crippen molar-refractivity contribution >= 4 is 0 Å². The van der Waals surface area contributed by atoms with Gasteiger partial charge in [0.15, 0.2) is 0 Å². The predicted octanol–water partition coefficient (Wildman–Crippen LogP) is -0.336. The lowest BCUT2D eigenvalue weighted by Crippen LogP contribution is -2.40. The van der Waals surface area contributed by atoms with E-state index in [2.05, 4.69) is 0 Å². The van der Waals surface area contributed by atoms with Crippen molar-refractivity contribution in [3.63, 3.8) is 0 Å². The van der Waals surface area contributed by atoms with E-state index in [1.165, 1.54) is 0 Å². The van der Waals surface area contributed by atoms with Gasteiger partial charge in [-0.3, -0.25) is 0 Å². The Balaban J connectivity index is 3.71. The van der Waals surface area contributed by atoms with E-state index in [1.807, 2.05) is 25.8 Å². The first-order chi connectivity index (χ1) is 6.02. The highest BCUT2D eigenvalue weighted by Gasteiger charge is 2.19. The zero-order chi connectivity index (χ0) is 10.3. The molecule has 0 rings (SSSR count). The first-order valence-corrected chi connectivity index (χ1v) is 4.65. The number of rotatable bonds is 7. The maximum absolute atomic E-state index is 8.71. The summed E-state index contributed by atoms with van der Waals surface area (Å²) in [4.78, 5) is 2.04. The molecule has 4 nitrogen and oxygen atoms in total. The lowest BCUT2D eigenvalue weighted by molar-refractivity contribution is -0.0339. The fourth-order valence-electron chi connectivity index (χ4n) is 1.28. The number of ether oxygens (including phenoxy) is 1. The van der Waals surface area contributed by atoms with E-state index < -0.39 is 0 Å². The molecule has 4 heteroatoms. The van der Waals surface area contributed by atoms with Crippen LogP contribution in [0.3, 0.4) is 0 Å². The van der Waals surface area contributed by atoms with Gasteiger partial charge >= 0.3 is 0 Å². The summed E-state index contributed by atoms with van der Waals surface area (Å²) >= 11 is 0. The van der Waals surface area contributed by atoms with Crippen LogP contribution in [0, 0.1) is 0 Å². The number of nitrogens with zero attached hydrogens (tertiary/aromatic N) is 1. The molecule has 3 N–H and O–H groups in total. The van der Waals surface area contributed by atoms with E-state index in [9.17, 15) is 0 Å². The molecule has 0 aromatic heterocycles. The lowest BCUT2D eigenvalue weighted by Gasteiger charge is -2.30. The Morgan fingerprint density at radius 2 is 2.08 bits per heavy atom. The normalized spacial score (nSPS) is 12.5. The Bertz CT molecular complexity index is 129. The number of aliphatic hydroxyl groups is 1. The van der Waals surface area contributed by atoms with Crippen molar-refractivity contribution in [1.29, 1.82) is 0 Å². The molecule has 0 bridgehead atoms. The van der Waals surface area contributed by atoms with Crippen molar-refractivity contribution in [3.8, 4) is 0 Å². The molecular formula is C9H22N2O2. The van der Waals surface area contributed by atoms with Gasteiger partial charge in [-0.2, -0.15) is 0 Å². The highest BCUT2D eigenvalue weighted by Crippen LogP contribution is 2.09. The maximum Gasteiger partial charge on any atom is 0.0753 e. The zero-order valence-electron chi connectivity index (χ0n) is 8.92. The van der Waals surface area contributed by atoms with Crippen molar-refractivity contribution in [3.05, 3.63) is 0 Å².